The van der Waals surface area contributed by atoms with Crippen molar-refractivity contribution in [2.75, 3.05) is 23.3 Å². The van der Waals surface area contributed by atoms with E-state index in [1.54, 1.807) is 12.1 Å². The van der Waals surface area contributed by atoms with Crippen LogP contribution in [0, 0.1) is 11.3 Å². The van der Waals surface area contributed by atoms with Gasteiger partial charge in [-0.2, -0.15) is 10.2 Å². The third-order valence-corrected chi connectivity index (χ3v) is 4.95. The Labute approximate surface area is 151 Å². The molecule has 2 heterocycles. The fraction of sp³-hybridized carbons (Fsp3) is 0.312. The van der Waals surface area contributed by atoms with Crippen molar-refractivity contribution in [3.05, 3.63) is 36.0 Å². The molecule has 2 aromatic rings. The first-order chi connectivity index (χ1) is 12.4. The van der Waals surface area contributed by atoms with Crippen LogP contribution >= 0.6 is 0 Å². The molecule has 0 aliphatic carbocycles. The van der Waals surface area contributed by atoms with Gasteiger partial charge in [0, 0.05) is 18.8 Å². The second-order valence-electron chi connectivity index (χ2n) is 5.98. The minimum absolute atomic E-state index is 0.00629. The standard InChI is InChI=1S/C16H18N6O3S/c17-8-11-9-19-16(21-15(11)22-7-1-2-13(23)10-22)20-12-3-5-14(6-4-12)26(18,24)25/h3-6,9,13,23H,1-2,7,10H2,(H2,18,24,25)(H,19,20,21)/t13-/m1/s1. The average molecular weight is 374 g/mol. The number of aromatic nitrogens is 2. The summed E-state index contributed by atoms with van der Waals surface area (Å²) < 4.78 is 22.6. The van der Waals surface area contributed by atoms with Crippen LogP contribution in [-0.2, 0) is 10.0 Å². The van der Waals surface area contributed by atoms with Gasteiger partial charge in [0.15, 0.2) is 5.82 Å². The molecule has 1 saturated heterocycles. The Hall–Kier alpha value is -2.74. The molecule has 0 amide bonds. The second kappa shape index (κ2) is 7.25. The summed E-state index contributed by atoms with van der Waals surface area (Å²) in [7, 11) is -3.75. The van der Waals surface area contributed by atoms with Crippen molar-refractivity contribution < 1.29 is 13.5 Å². The van der Waals surface area contributed by atoms with Gasteiger partial charge in [-0.1, -0.05) is 0 Å². The number of rotatable bonds is 4. The molecule has 1 aliphatic rings. The van der Waals surface area contributed by atoms with Crippen molar-refractivity contribution in [1.82, 2.24) is 9.97 Å². The molecule has 9 nitrogen and oxygen atoms in total. The maximum atomic E-state index is 11.3. The molecule has 0 radical (unpaired) electrons. The lowest BCUT2D eigenvalue weighted by molar-refractivity contribution is 0.154. The number of β-amino-alcohol motifs (C(OH)–C–C–N with tert-alkyl or cyclic N) is 1. The highest BCUT2D eigenvalue weighted by Gasteiger charge is 2.22. The van der Waals surface area contributed by atoms with Crippen LogP contribution in [0.3, 0.4) is 0 Å². The monoisotopic (exact) mass is 374 g/mol. The van der Waals surface area contributed by atoms with E-state index in [0.29, 0.717) is 30.2 Å². The number of hydrogen-bond donors (Lipinski definition) is 3. The van der Waals surface area contributed by atoms with Gasteiger partial charge in [0.25, 0.3) is 0 Å². The minimum atomic E-state index is -3.75. The number of nitrogens with two attached hydrogens (primary N) is 1. The fourth-order valence-electron chi connectivity index (χ4n) is 2.76. The highest BCUT2D eigenvalue weighted by Crippen LogP contribution is 2.24. The number of hydrogen-bond acceptors (Lipinski definition) is 8. The molecular weight excluding hydrogens is 356 g/mol. The van der Waals surface area contributed by atoms with Gasteiger partial charge in [-0.3, -0.25) is 0 Å². The Morgan fingerprint density at radius 1 is 1.35 bits per heavy atom. The Bertz CT molecular complexity index is 939. The summed E-state index contributed by atoms with van der Waals surface area (Å²) >= 11 is 0. The number of nitrogens with zero attached hydrogens (tertiary/aromatic N) is 4. The van der Waals surface area contributed by atoms with Gasteiger partial charge in [-0.25, -0.2) is 18.5 Å². The van der Waals surface area contributed by atoms with Gasteiger partial charge in [-0.05, 0) is 37.1 Å². The van der Waals surface area contributed by atoms with Crippen LogP contribution in [0.1, 0.15) is 18.4 Å². The lowest BCUT2D eigenvalue weighted by Gasteiger charge is -2.31. The van der Waals surface area contributed by atoms with Crippen LogP contribution < -0.4 is 15.4 Å². The zero-order valence-electron chi connectivity index (χ0n) is 13.8. The molecule has 10 heteroatoms. The maximum Gasteiger partial charge on any atom is 0.238 e. The second-order valence-corrected chi connectivity index (χ2v) is 7.54. The van der Waals surface area contributed by atoms with Gasteiger partial charge in [0.1, 0.15) is 11.6 Å². The number of piperidine rings is 1. The lowest BCUT2D eigenvalue weighted by atomic mass is 10.1. The highest BCUT2D eigenvalue weighted by molar-refractivity contribution is 7.89. The topological polar surface area (TPSA) is 145 Å². The third kappa shape index (κ3) is 4.08. The van der Waals surface area contributed by atoms with E-state index in [1.165, 1.54) is 18.3 Å². The first-order valence-electron chi connectivity index (χ1n) is 7.97. The van der Waals surface area contributed by atoms with Crippen LogP contribution in [-0.4, -0.2) is 42.7 Å². The van der Waals surface area contributed by atoms with Crippen LogP contribution in [0.15, 0.2) is 35.4 Å². The number of aliphatic hydroxyl groups is 1. The summed E-state index contributed by atoms with van der Waals surface area (Å²) in [6.07, 6.45) is 2.51. The van der Waals surface area contributed by atoms with Crippen LogP contribution in [0.5, 0.6) is 0 Å². The molecule has 4 N–H and O–H groups in total. The first kappa shape index (κ1) is 18.1. The van der Waals surface area contributed by atoms with Gasteiger partial charge >= 0.3 is 0 Å². The van der Waals surface area contributed by atoms with Gasteiger partial charge in [-0.15, -0.1) is 0 Å². The van der Waals surface area contributed by atoms with Crippen molar-refractivity contribution >= 4 is 27.5 Å². The van der Waals surface area contributed by atoms with E-state index in [1.807, 2.05) is 4.90 Å². The van der Waals surface area contributed by atoms with Crippen molar-refractivity contribution in [2.45, 2.75) is 23.8 Å². The largest absolute Gasteiger partial charge is 0.391 e. The zero-order chi connectivity index (χ0) is 18.7. The highest BCUT2D eigenvalue weighted by atomic mass is 32.2. The fourth-order valence-corrected chi connectivity index (χ4v) is 3.27. The first-order valence-corrected chi connectivity index (χ1v) is 9.51. The van der Waals surface area contributed by atoms with Crippen molar-refractivity contribution in [1.29, 1.82) is 5.26 Å². The van der Waals surface area contributed by atoms with Crippen LogP contribution in [0.2, 0.25) is 0 Å². The van der Waals surface area contributed by atoms with Gasteiger partial charge in [0.05, 0.1) is 17.2 Å². The SMILES string of the molecule is N#Cc1cnc(Nc2ccc(S(N)(=O)=O)cc2)nc1N1CCC[C@@H](O)C1. The van der Waals surface area contributed by atoms with Crippen LogP contribution in [0.4, 0.5) is 17.5 Å². The summed E-state index contributed by atoms with van der Waals surface area (Å²) in [5.41, 5.74) is 0.904. The number of sulfonamides is 1. The maximum absolute atomic E-state index is 11.3. The van der Waals surface area contributed by atoms with E-state index in [2.05, 4.69) is 21.4 Å². The molecule has 0 bridgehead atoms. The molecule has 1 aliphatic heterocycles. The molecule has 26 heavy (non-hydrogen) atoms. The summed E-state index contributed by atoms with van der Waals surface area (Å²) in [5.74, 6) is 0.729. The molecule has 136 valence electrons. The molecule has 3 rings (SSSR count). The van der Waals surface area contributed by atoms with E-state index in [-0.39, 0.29) is 10.8 Å². The Balaban J connectivity index is 1.85. The summed E-state index contributed by atoms with van der Waals surface area (Å²) in [4.78, 5) is 10.4. The average Bonchev–Trinajstić information content (AvgIpc) is 2.61. The van der Waals surface area contributed by atoms with E-state index >= 15 is 0 Å². The Morgan fingerprint density at radius 2 is 2.08 bits per heavy atom. The summed E-state index contributed by atoms with van der Waals surface area (Å²) in [6, 6.07) is 7.92. The predicted molar refractivity (Wildman–Crippen MR) is 95.3 cm³/mol. The minimum Gasteiger partial charge on any atom is -0.391 e. The van der Waals surface area contributed by atoms with Gasteiger partial charge < -0.3 is 15.3 Å². The number of nitriles is 1. The van der Waals surface area contributed by atoms with Crippen LogP contribution in [0.25, 0.3) is 0 Å². The quantitative estimate of drug-likeness (QED) is 0.709. The number of nitrogens with one attached hydrogen (secondary N) is 1. The summed E-state index contributed by atoms with van der Waals surface area (Å²) in [5, 5.41) is 27.2. The normalized spacial score (nSPS) is 17.6. The molecule has 1 fully saturated rings. The predicted octanol–water partition coefficient (Wildman–Crippen LogP) is 0.700. The number of anilines is 3. The van der Waals surface area contributed by atoms with E-state index in [0.717, 1.165) is 12.8 Å². The Morgan fingerprint density at radius 3 is 2.69 bits per heavy atom. The molecule has 0 saturated carbocycles. The molecule has 0 spiro atoms. The zero-order valence-corrected chi connectivity index (χ0v) is 14.6. The lowest BCUT2D eigenvalue weighted by Crippen LogP contribution is -2.39. The smallest absolute Gasteiger partial charge is 0.238 e. The number of benzene rings is 1. The van der Waals surface area contributed by atoms with E-state index in [4.69, 9.17) is 5.14 Å². The van der Waals surface area contributed by atoms with Gasteiger partial charge in [0.2, 0.25) is 16.0 Å². The van der Waals surface area contributed by atoms with E-state index < -0.39 is 16.1 Å². The number of aliphatic hydroxyl groups excluding tert-OH is 1. The molecular formula is C16H18N6O3S. The van der Waals surface area contributed by atoms with Crippen molar-refractivity contribution in [3.8, 4) is 6.07 Å². The number of primary sulfonamides is 1. The molecule has 1 aromatic carbocycles. The van der Waals surface area contributed by atoms with E-state index in [9.17, 15) is 18.8 Å². The molecule has 1 atom stereocenters. The van der Waals surface area contributed by atoms with Crippen molar-refractivity contribution in [3.63, 3.8) is 0 Å². The summed E-state index contributed by atoms with van der Waals surface area (Å²) in [6.45, 7) is 1.11. The third-order valence-electron chi connectivity index (χ3n) is 4.02. The molecule has 1 aromatic heterocycles. The Kier molecular flexibility index (Phi) is 5.03. The molecule has 0 unspecified atom stereocenters. The van der Waals surface area contributed by atoms with Crippen molar-refractivity contribution in [2.24, 2.45) is 5.14 Å².